The van der Waals surface area contributed by atoms with Crippen LogP contribution in [-0.4, -0.2) is 35.1 Å². The predicted molar refractivity (Wildman–Crippen MR) is 91.1 cm³/mol. The van der Waals surface area contributed by atoms with Gasteiger partial charge < -0.3 is 15.2 Å². The number of ketones is 1. The average Bonchev–Trinajstić information content (AvgIpc) is 2.65. The van der Waals surface area contributed by atoms with E-state index in [1.165, 1.54) is 18.2 Å². The number of methoxy groups -OCH3 is 1. The fourth-order valence-corrected chi connectivity index (χ4v) is 3.07. The summed E-state index contributed by atoms with van der Waals surface area (Å²) in [6, 6.07) is 11.5. The van der Waals surface area contributed by atoms with Crippen LogP contribution in [0.2, 0.25) is 0 Å². The number of carbonyl (C=O) groups is 1. The van der Waals surface area contributed by atoms with Crippen LogP contribution in [0.1, 0.15) is 34.3 Å². The zero-order chi connectivity index (χ0) is 16.9. The Bertz CT molecular complexity index is 717. The van der Waals surface area contributed by atoms with Gasteiger partial charge in [-0.15, -0.1) is 0 Å². The molecule has 1 aromatic carbocycles. The Morgan fingerprint density at radius 1 is 1.38 bits per heavy atom. The molecule has 1 aromatic heterocycles. The molecular weight excluding hydrogens is 304 g/mol. The summed E-state index contributed by atoms with van der Waals surface area (Å²) < 4.78 is 5.04. The number of pyridine rings is 1. The normalized spacial score (nSPS) is 17.8. The zero-order valence-corrected chi connectivity index (χ0v) is 13.7. The van der Waals surface area contributed by atoms with Crippen LogP contribution < -0.4 is 10.1 Å². The maximum Gasteiger partial charge on any atom is 0.213 e. The third-order valence-corrected chi connectivity index (χ3v) is 4.51. The van der Waals surface area contributed by atoms with E-state index >= 15 is 0 Å². The first-order chi connectivity index (χ1) is 11.7. The Hall–Kier alpha value is -2.24. The summed E-state index contributed by atoms with van der Waals surface area (Å²) in [6.45, 7) is 0.757. The second-order valence-electron chi connectivity index (χ2n) is 6.08. The van der Waals surface area contributed by atoms with Crippen LogP contribution in [0, 0.1) is 0 Å². The molecule has 126 valence electrons. The van der Waals surface area contributed by atoms with E-state index in [1.807, 2.05) is 12.1 Å². The Labute approximate surface area is 141 Å². The summed E-state index contributed by atoms with van der Waals surface area (Å²) in [4.78, 5) is 16.3. The topological polar surface area (TPSA) is 71.5 Å². The maximum absolute atomic E-state index is 12.3. The lowest BCUT2D eigenvalue weighted by molar-refractivity contribution is 0.0877. The number of hydrogen-bond acceptors (Lipinski definition) is 5. The van der Waals surface area contributed by atoms with Crippen molar-refractivity contribution < 1.29 is 14.6 Å². The molecule has 2 heterocycles. The minimum absolute atomic E-state index is 0.00837. The van der Waals surface area contributed by atoms with Crippen molar-refractivity contribution in [2.45, 2.75) is 38.0 Å². The van der Waals surface area contributed by atoms with E-state index < -0.39 is 6.10 Å². The van der Waals surface area contributed by atoms with Crippen molar-refractivity contribution in [3.05, 3.63) is 59.3 Å². The van der Waals surface area contributed by atoms with Crippen LogP contribution in [0.5, 0.6) is 5.88 Å². The van der Waals surface area contributed by atoms with Crippen LogP contribution in [-0.2, 0) is 13.0 Å². The summed E-state index contributed by atoms with van der Waals surface area (Å²) in [6.07, 6.45) is 2.53. The monoisotopic (exact) mass is 326 g/mol. The maximum atomic E-state index is 12.3. The van der Waals surface area contributed by atoms with Gasteiger partial charge in [0.05, 0.1) is 13.2 Å². The van der Waals surface area contributed by atoms with Gasteiger partial charge in [-0.05, 0) is 30.0 Å². The van der Waals surface area contributed by atoms with E-state index in [4.69, 9.17) is 4.74 Å². The number of fused-ring (bicyclic) bond motifs is 1. The Morgan fingerprint density at radius 2 is 2.17 bits per heavy atom. The fourth-order valence-electron chi connectivity index (χ4n) is 3.07. The number of carbonyl (C=O) groups excluding carboxylic acids is 1. The SMILES string of the molecule is COc1cc(C(=O)CC[C@@H](O)[C@@H]2Cc3ccccc3CN2)ccn1. The summed E-state index contributed by atoms with van der Waals surface area (Å²) in [5, 5.41) is 13.8. The largest absolute Gasteiger partial charge is 0.481 e. The van der Waals surface area contributed by atoms with E-state index in [0.29, 0.717) is 24.3 Å². The molecule has 5 heteroatoms. The number of nitrogens with one attached hydrogen (secondary N) is 1. The molecule has 0 saturated heterocycles. The average molecular weight is 326 g/mol. The van der Waals surface area contributed by atoms with E-state index in [1.54, 1.807) is 18.3 Å². The standard InChI is InChI=1S/C19H22N2O3/c1-24-19-11-14(8-9-20-19)17(22)6-7-18(23)16-10-13-4-2-3-5-15(13)12-21-16/h2-5,8-9,11,16,18,21,23H,6-7,10,12H2,1H3/t16-,18+/m0/s1. The molecule has 1 aliphatic heterocycles. The Balaban J connectivity index is 1.56. The highest BCUT2D eigenvalue weighted by Gasteiger charge is 2.24. The quantitative estimate of drug-likeness (QED) is 0.796. The highest BCUT2D eigenvalue weighted by atomic mass is 16.5. The first-order valence-electron chi connectivity index (χ1n) is 8.19. The molecular formula is C19H22N2O3. The number of Topliss-reactive ketones (excluding diaryl/α,β-unsaturated/α-hetero) is 1. The molecule has 5 nitrogen and oxygen atoms in total. The molecule has 0 fully saturated rings. The van der Waals surface area contributed by atoms with E-state index in [2.05, 4.69) is 22.4 Å². The third-order valence-electron chi connectivity index (χ3n) is 4.51. The summed E-state index contributed by atoms with van der Waals surface area (Å²) in [5.74, 6) is 0.415. The van der Waals surface area contributed by atoms with Crippen LogP contribution in [0.25, 0.3) is 0 Å². The van der Waals surface area contributed by atoms with Gasteiger partial charge in [-0.3, -0.25) is 4.79 Å². The molecule has 0 spiro atoms. The zero-order valence-electron chi connectivity index (χ0n) is 13.7. The highest BCUT2D eigenvalue weighted by Crippen LogP contribution is 2.20. The second kappa shape index (κ2) is 7.55. The van der Waals surface area contributed by atoms with Gasteiger partial charge in [-0.25, -0.2) is 4.98 Å². The first kappa shape index (κ1) is 16.6. The number of ether oxygens (including phenoxy) is 1. The van der Waals surface area contributed by atoms with Crippen molar-refractivity contribution in [2.24, 2.45) is 0 Å². The van der Waals surface area contributed by atoms with Crippen molar-refractivity contribution >= 4 is 5.78 Å². The predicted octanol–water partition coefficient (Wildman–Crippen LogP) is 2.13. The van der Waals surface area contributed by atoms with Crippen molar-refractivity contribution in [1.82, 2.24) is 10.3 Å². The van der Waals surface area contributed by atoms with Crippen LogP contribution in [0.3, 0.4) is 0 Å². The molecule has 3 rings (SSSR count). The number of rotatable bonds is 6. The Kier molecular flexibility index (Phi) is 5.23. The third kappa shape index (κ3) is 3.80. The van der Waals surface area contributed by atoms with Gasteiger partial charge in [0.15, 0.2) is 5.78 Å². The molecule has 0 unspecified atom stereocenters. The van der Waals surface area contributed by atoms with Crippen molar-refractivity contribution in [3.63, 3.8) is 0 Å². The van der Waals surface area contributed by atoms with Gasteiger partial charge in [0.1, 0.15) is 0 Å². The first-order valence-corrected chi connectivity index (χ1v) is 8.19. The molecule has 0 saturated carbocycles. The van der Waals surface area contributed by atoms with Crippen molar-refractivity contribution in [3.8, 4) is 5.88 Å². The molecule has 2 N–H and O–H groups in total. The van der Waals surface area contributed by atoms with Gasteiger partial charge in [0.2, 0.25) is 5.88 Å². The van der Waals surface area contributed by atoms with Crippen LogP contribution in [0.15, 0.2) is 42.6 Å². The number of benzene rings is 1. The van der Waals surface area contributed by atoms with Gasteiger partial charge >= 0.3 is 0 Å². The molecule has 2 atom stereocenters. The number of aliphatic hydroxyl groups is 1. The number of aliphatic hydroxyl groups excluding tert-OH is 1. The second-order valence-corrected chi connectivity index (χ2v) is 6.08. The smallest absolute Gasteiger partial charge is 0.213 e. The molecule has 2 aromatic rings. The minimum atomic E-state index is -0.550. The molecule has 1 aliphatic rings. The molecule has 0 radical (unpaired) electrons. The molecule has 0 amide bonds. The van der Waals surface area contributed by atoms with Crippen LogP contribution >= 0.6 is 0 Å². The summed E-state index contributed by atoms with van der Waals surface area (Å²) in [7, 11) is 1.52. The van der Waals surface area contributed by atoms with E-state index in [0.717, 1.165) is 13.0 Å². The summed E-state index contributed by atoms with van der Waals surface area (Å²) >= 11 is 0. The van der Waals surface area contributed by atoms with E-state index in [-0.39, 0.29) is 11.8 Å². The van der Waals surface area contributed by atoms with Gasteiger partial charge in [0, 0.05) is 36.8 Å². The lowest BCUT2D eigenvalue weighted by Gasteiger charge is -2.29. The van der Waals surface area contributed by atoms with Gasteiger partial charge in [-0.1, -0.05) is 24.3 Å². The van der Waals surface area contributed by atoms with Crippen LogP contribution in [0.4, 0.5) is 0 Å². The summed E-state index contributed by atoms with van der Waals surface area (Å²) in [5.41, 5.74) is 3.11. The lowest BCUT2D eigenvalue weighted by atomic mass is 9.91. The molecule has 0 bridgehead atoms. The number of hydrogen-bond donors (Lipinski definition) is 2. The van der Waals surface area contributed by atoms with Gasteiger partial charge in [0.25, 0.3) is 0 Å². The molecule has 0 aliphatic carbocycles. The van der Waals surface area contributed by atoms with Gasteiger partial charge in [-0.2, -0.15) is 0 Å². The molecule has 24 heavy (non-hydrogen) atoms. The van der Waals surface area contributed by atoms with Crippen molar-refractivity contribution in [2.75, 3.05) is 7.11 Å². The number of nitrogens with zero attached hydrogens (tertiary/aromatic N) is 1. The highest BCUT2D eigenvalue weighted by molar-refractivity contribution is 5.96. The van der Waals surface area contributed by atoms with Crippen molar-refractivity contribution in [1.29, 1.82) is 0 Å². The minimum Gasteiger partial charge on any atom is -0.481 e. The fraction of sp³-hybridized carbons (Fsp3) is 0.368. The number of aromatic nitrogens is 1. The van der Waals surface area contributed by atoms with E-state index in [9.17, 15) is 9.90 Å². The lowest BCUT2D eigenvalue weighted by Crippen LogP contribution is -2.44. The Morgan fingerprint density at radius 3 is 2.96 bits per heavy atom.